The van der Waals surface area contributed by atoms with Crippen molar-refractivity contribution >= 4 is 16.7 Å². The lowest BCUT2D eigenvalue weighted by Gasteiger charge is -2.06. The minimum absolute atomic E-state index is 0.346. The van der Waals surface area contributed by atoms with Crippen LogP contribution in [-0.2, 0) is 0 Å². The van der Waals surface area contributed by atoms with E-state index in [4.69, 9.17) is 0 Å². The second kappa shape index (κ2) is 5.23. The van der Waals surface area contributed by atoms with Gasteiger partial charge in [0.25, 0.3) is 0 Å². The number of nitrogens with zero attached hydrogens (tertiary/aromatic N) is 2. The zero-order valence-corrected chi connectivity index (χ0v) is 13.3. The van der Waals surface area contributed by atoms with Crippen LogP contribution in [0.4, 0.5) is 8.78 Å². The van der Waals surface area contributed by atoms with Gasteiger partial charge in [0.05, 0.1) is 11.0 Å². The highest BCUT2D eigenvalue weighted by Crippen LogP contribution is 2.42. The summed E-state index contributed by atoms with van der Waals surface area (Å²) >= 11 is 0. The molecule has 0 aliphatic heterocycles. The number of fused-ring (bicyclic) bond motifs is 4. The van der Waals surface area contributed by atoms with Crippen LogP contribution in [0.3, 0.4) is 0 Å². The highest BCUT2D eigenvalue weighted by atomic mass is 19.2. The SMILES string of the molecule is O/N=C1/c2ccccc2-c2c1cccc2-c1nc2cc(F)c(F)cc2[nH]1. The fourth-order valence-electron chi connectivity index (χ4n) is 3.53. The number of hydrogen-bond donors (Lipinski definition) is 2. The van der Waals surface area contributed by atoms with Crippen molar-refractivity contribution in [2.24, 2.45) is 5.16 Å². The molecule has 0 unspecified atom stereocenters. The van der Waals surface area contributed by atoms with Gasteiger partial charge < -0.3 is 10.2 Å². The van der Waals surface area contributed by atoms with Crippen LogP contribution < -0.4 is 0 Å². The smallest absolute Gasteiger partial charge is 0.161 e. The number of imidazole rings is 1. The third-order valence-corrected chi connectivity index (χ3v) is 4.65. The van der Waals surface area contributed by atoms with E-state index in [1.165, 1.54) is 0 Å². The van der Waals surface area contributed by atoms with Crippen LogP contribution in [0.1, 0.15) is 11.1 Å². The van der Waals surface area contributed by atoms with E-state index in [9.17, 15) is 14.0 Å². The summed E-state index contributed by atoms with van der Waals surface area (Å²) in [6.07, 6.45) is 0. The largest absolute Gasteiger partial charge is 0.410 e. The van der Waals surface area contributed by atoms with Gasteiger partial charge in [0, 0.05) is 34.4 Å². The van der Waals surface area contributed by atoms with Gasteiger partial charge in [-0.3, -0.25) is 0 Å². The molecule has 6 heteroatoms. The fraction of sp³-hybridized carbons (Fsp3) is 0. The Morgan fingerprint density at radius 2 is 1.54 bits per heavy atom. The summed E-state index contributed by atoms with van der Waals surface area (Å²) in [5, 5.41) is 12.9. The summed E-state index contributed by atoms with van der Waals surface area (Å²) in [5.74, 6) is -1.37. The fourth-order valence-corrected chi connectivity index (χ4v) is 3.53. The molecular weight excluding hydrogens is 336 g/mol. The van der Waals surface area contributed by atoms with E-state index in [0.717, 1.165) is 39.9 Å². The van der Waals surface area contributed by atoms with Crippen molar-refractivity contribution in [1.82, 2.24) is 9.97 Å². The first-order chi connectivity index (χ1) is 12.7. The van der Waals surface area contributed by atoms with Crippen molar-refractivity contribution in [3.63, 3.8) is 0 Å². The van der Waals surface area contributed by atoms with E-state index in [1.54, 1.807) is 0 Å². The molecule has 0 saturated carbocycles. The minimum atomic E-state index is -0.936. The maximum Gasteiger partial charge on any atom is 0.161 e. The first-order valence-electron chi connectivity index (χ1n) is 7.97. The van der Waals surface area contributed by atoms with Gasteiger partial charge in [-0.2, -0.15) is 0 Å². The Hall–Kier alpha value is -3.54. The van der Waals surface area contributed by atoms with Crippen LogP contribution in [0.15, 0.2) is 59.8 Å². The molecule has 1 aliphatic rings. The highest BCUT2D eigenvalue weighted by molar-refractivity contribution is 6.26. The van der Waals surface area contributed by atoms with E-state index >= 15 is 0 Å². The topological polar surface area (TPSA) is 61.3 Å². The molecule has 1 heterocycles. The van der Waals surface area contributed by atoms with Crippen LogP contribution >= 0.6 is 0 Å². The molecule has 1 aliphatic carbocycles. The van der Waals surface area contributed by atoms with Gasteiger partial charge in [-0.1, -0.05) is 47.6 Å². The molecule has 0 spiro atoms. The molecule has 0 bridgehead atoms. The maximum absolute atomic E-state index is 13.5. The van der Waals surface area contributed by atoms with Gasteiger partial charge in [-0.25, -0.2) is 13.8 Å². The quantitative estimate of drug-likeness (QED) is 0.341. The molecule has 0 fully saturated rings. The van der Waals surface area contributed by atoms with Gasteiger partial charge in [-0.15, -0.1) is 0 Å². The van der Waals surface area contributed by atoms with Crippen LogP contribution in [-0.4, -0.2) is 20.9 Å². The van der Waals surface area contributed by atoms with Crippen LogP contribution in [0, 0.1) is 11.6 Å². The number of aromatic amines is 1. The second-order valence-corrected chi connectivity index (χ2v) is 6.09. The third kappa shape index (κ3) is 1.92. The molecule has 1 aromatic heterocycles. The number of nitrogens with one attached hydrogen (secondary N) is 1. The Morgan fingerprint density at radius 3 is 2.35 bits per heavy atom. The standard InChI is InChI=1S/C20H11F2N3O/c21-14-8-16-17(9-15(14)22)24-20(23-16)13-7-3-6-12-18(13)10-4-1-2-5-11(10)19(12)25-26/h1-9,26H,(H,23,24)/b25-19-. The lowest BCUT2D eigenvalue weighted by molar-refractivity contribution is 0.320. The molecule has 2 N–H and O–H groups in total. The molecule has 4 aromatic rings. The first-order valence-corrected chi connectivity index (χ1v) is 7.97. The van der Waals surface area contributed by atoms with Crippen molar-refractivity contribution in [2.45, 2.75) is 0 Å². The molecule has 0 atom stereocenters. The number of halogens is 2. The summed E-state index contributed by atoms with van der Waals surface area (Å²) in [6.45, 7) is 0. The molecule has 0 amide bonds. The van der Waals surface area contributed by atoms with Crippen molar-refractivity contribution in [3.8, 4) is 22.5 Å². The molecule has 0 saturated heterocycles. The summed E-state index contributed by atoms with van der Waals surface area (Å²) < 4.78 is 27.0. The number of benzene rings is 3. The number of H-pyrrole nitrogens is 1. The maximum atomic E-state index is 13.5. The van der Waals surface area contributed by atoms with E-state index < -0.39 is 11.6 Å². The number of aromatic nitrogens is 2. The van der Waals surface area contributed by atoms with E-state index in [-0.39, 0.29) is 0 Å². The molecule has 0 radical (unpaired) electrons. The van der Waals surface area contributed by atoms with Crippen LogP contribution in [0.5, 0.6) is 0 Å². The first kappa shape index (κ1) is 14.8. The number of hydrogen-bond acceptors (Lipinski definition) is 3. The second-order valence-electron chi connectivity index (χ2n) is 6.09. The predicted molar refractivity (Wildman–Crippen MR) is 94.3 cm³/mol. The summed E-state index contributed by atoms with van der Waals surface area (Å²) in [5.41, 5.74) is 5.42. The predicted octanol–water partition coefficient (Wildman–Crippen LogP) is 4.72. The lowest BCUT2D eigenvalue weighted by Crippen LogP contribution is -1.97. The van der Waals surface area contributed by atoms with Crippen LogP contribution in [0.2, 0.25) is 0 Å². The average Bonchev–Trinajstić information content (AvgIpc) is 3.20. The zero-order valence-electron chi connectivity index (χ0n) is 13.3. The van der Waals surface area contributed by atoms with Crippen LogP contribution in [0.25, 0.3) is 33.5 Å². The van der Waals surface area contributed by atoms with Gasteiger partial charge in [0.1, 0.15) is 11.5 Å². The Balaban J connectivity index is 1.81. The van der Waals surface area contributed by atoms with Crippen molar-refractivity contribution in [2.75, 3.05) is 0 Å². The molecule has 4 nitrogen and oxygen atoms in total. The van der Waals surface area contributed by atoms with Crippen molar-refractivity contribution in [1.29, 1.82) is 0 Å². The van der Waals surface area contributed by atoms with Gasteiger partial charge in [0.15, 0.2) is 11.6 Å². The minimum Gasteiger partial charge on any atom is -0.410 e. The monoisotopic (exact) mass is 347 g/mol. The highest BCUT2D eigenvalue weighted by Gasteiger charge is 2.28. The van der Waals surface area contributed by atoms with E-state index in [2.05, 4.69) is 15.1 Å². The Bertz CT molecular complexity index is 1190. The molecule has 26 heavy (non-hydrogen) atoms. The van der Waals surface area contributed by atoms with Gasteiger partial charge >= 0.3 is 0 Å². The van der Waals surface area contributed by atoms with E-state index in [0.29, 0.717) is 22.6 Å². The molecule has 126 valence electrons. The Morgan fingerprint density at radius 1 is 0.846 bits per heavy atom. The molecule has 5 rings (SSSR count). The van der Waals surface area contributed by atoms with E-state index in [1.807, 2.05) is 42.5 Å². The molecule has 3 aromatic carbocycles. The van der Waals surface area contributed by atoms with Gasteiger partial charge in [0.2, 0.25) is 0 Å². The third-order valence-electron chi connectivity index (χ3n) is 4.65. The summed E-state index contributed by atoms with van der Waals surface area (Å²) in [6, 6.07) is 15.4. The number of rotatable bonds is 1. The van der Waals surface area contributed by atoms with Crippen molar-refractivity contribution < 1.29 is 14.0 Å². The Kier molecular flexibility index (Phi) is 2.97. The Labute approximate surface area is 146 Å². The molecular formula is C20H11F2N3O. The summed E-state index contributed by atoms with van der Waals surface area (Å²) in [7, 11) is 0. The zero-order chi connectivity index (χ0) is 17.8. The van der Waals surface area contributed by atoms with Gasteiger partial charge in [-0.05, 0) is 5.56 Å². The average molecular weight is 347 g/mol. The number of oxime groups is 1. The summed E-state index contributed by atoms with van der Waals surface area (Å²) in [4.78, 5) is 7.47. The normalized spacial score (nSPS) is 14.0. The van der Waals surface area contributed by atoms with Crippen molar-refractivity contribution in [3.05, 3.63) is 77.4 Å². The lowest BCUT2D eigenvalue weighted by atomic mass is 9.99.